The zero-order chi connectivity index (χ0) is 16.5. The predicted molar refractivity (Wildman–Crippen MR) is 92.3 cm³/mol. The van der Waals surface area contributed by atoms with Gasteiger partial charge in [0.05, 0.1) is 18.8 Å². The topological polar surface area (TPSA) is 50.4 Å². The van der Waals surface area contributed by atoms with Gasteiger partial charge < -0.3 is 10.1 Å². The Labute approximate surface area is 136 Å². The Balaban J connectivity index is 2.20. The van der Waals surface area contributed by atoms with Gasteiger partial charge in [-0.3, -0.25) is 10.1 Å². The van der Waals surface area contributed by atoms with Crippen molar-refractivity contribution in [3.8, 4) is 18.1 Å². The third-order valence-corrected chi connectivity index (χ3v) is 3.25. The van der Waals surface area contributed by atoms with Gasteiger partial charge in [-0.05, 0) is 24.6 Å². The van der Waals surface area contributed by atoms with E-state index >= 15 is 0 Å². The molecule has 0 heterocycles. The summed E-state index contributed by atoms with van der Waals surface area (Å²) in [5.41, 5.74) is 1.50. The van der Waals surface area contributed by atoms with Crippen molar-refractivity contribution in [3.63, 3.8) is 0 Å². The summed E-state index contributed by atoms with van der Waals surface area (Å²) < 4.78 is 5.54. The molecule has 0 aliphatic heterocycles. The van der Waals surface area contributed by atoms with Crippen molar-refractivity contribution in [1.29, 1.82) is 0 Å². The van der Waals surface area contributed by atoms with Crippen LogP contribution in [0.4, 0.5) is 5.69 Å². The highest BCUT2D eigenvalue weighted by Gasteiger charge is 2.20. The number of ether oxygens (including phenoxy) is 1. The van der Waals surface area contributed by atoms with E-state index in [2.05, 4.69) is 16.6 Å². The lowest BCUT2D eigenvalue weighted by molar-refractivity contribution is -0.118. The highest BCUT2D eigenvalue weighted by atomic mass is 16.5. The number of hydrogen-bond donors (Lipinski definition) is 2. The molecule has 118 valence electrons. The maximum Gasteiger partial charge on any atom is 0.246 e. The lowest BCUT2D eigenvalue weighted by Crippen LogP contribution is -2.33. The second kappa shape index (κ2) is 8.62. The molecule has 4 heteroatoms. The largest absolute Gasteiger partial charge is 0.492 e. The van der Waals surface area contributed by atoms with Crippen LogP contribution >= 0.6 is 0 Å². The van der Waals surface area contributed by atoms with E-state index in [1.54, 1.807) is 0 Å². The molecule has 0 unspecified atom stereocenters. The van der Waals surface area contributed by atoms with E-state index in [1.807, 2.05) is 61.5 Å². The van der Waals surface area contributed by atoms with E-state index in [9.17, 15) is 4.79 Å². The molecule has 0 fully saturated rings. The van der Waals surface area contributed by atoms with E-state index in [1.165, 1.54) is 0 Å². The Morgan fingerprint density at radius 1 is 1.17 bits per heavy atom. The monoisotopic (exact) mass is 308 g/mol. The number of terminal acetylenes is 1. The second-order valence-corrected chi connectivity index (χ2v) is 4.85. The third kappa shape index (κ3) is 4.60. The first-order valence-corrected chi connectivity index (χ1v) is 7.50. The molecule has 4 nitrogen and oxygen atoms in total. The van der Waals surface area contributed by atoms with Gasteiger partial charge in [-0.2, -0.15) is 0 Å². The van der Waals surface area contributed by atoms with E-state index in [0.717, 1.165) is 5.56 Å². The average molecular weight is 308 g/mol. The number of amides is 1. The molecule has 23 heavy (non-hydrogen) atoms. The van der Waals surface area contributed by atoms with E-state index in [0.29, 0.717) is 24.6 Å². The molecular weight excluding hydrogens is 288 g/mol. The fourth-order valence-electron chi connectivity index (χ4n) is 2.22. The van der Waals surface area contributed by atoms with Gasteiger partial charge in [0, 0.05) is 0 Å². The Morgan fingerprint density at radius 3 is 2.57 bits per heavy atom. The van der Waals surface area contributed by atoms with Crippen molar-refractivity contribution in [2.75, 3.05) is 18.5 Å². The molecule has 0 aromatic heterocycles. The Morgan fingerprint density at radius 2 is 1.87 bits per heavy atom. The van der Waals surface area contributed by atoms with E-state index < -0.39 is 6.04 Å². The summed E-state index contributed by atoms with van der Waals surface area (Å²) in [5, 5.41) is 5.98. The molecule has 0 saturated carbocycles. The molecule has 0 aliphatic carbocycles. The first-order chi connectivity index (χ1) is 11.3. The zero-order valence-corrected chi connectivity index (χ0v) is 13.1. The predicted octanol–water partition coefficient (Wildman–Crippen LogP) is 2.99. The quantitative estimate of drug-likeness (QED) is 0.773. The molecule has 2 aromatic rings. The molecule has 2 aromatic carbocycles. The van der Waals surface area contributed by atoms with Crippen molar-refractivity contribution < 1.29 is 9.53 Å². The minimum Gasteiger partial charge on any atom is -0.492 e. The van der Waals surface area contributed by atoms with Gasteiger partial charge in [-0.25, -0.2) is 0 Å². The zero-order valence-electron chi connectivity index (χ0n) is 13.1. The standard InChI is InChI=1S/C19H20N2O2/c1-3-14-20-18(15-10-6-5-7-11-15)19(22)21-16-12-8-9-13-17(16)23-4-2/h1,5-13,18,20H,4,14H2,2H3,(H,21,22)/t18-/m0/s1. The maximum absolute atomic E-state index is 12.7. The van der Waals surface area contributed by atoms with Crippen LogP contribution in [0.15, 0.2) is 54.6 Å². The molecule has 2 rings (SSSR count). The number of benzene rings is 2. The molecular formula is C19H20N2O2. The van der Waals surface area contributed by atoms with Gasteiger partial charge >= 0.3 is 0 Å². The van der Waals surface area contributed by atoms with Gasteiger partial charge in [-0.1, -0.05) is 48.4 Å². The highest BCUT2D eigenvalue weighted by molar-refractivity contribution is 5.96. The SMILES string of the molecule is C#CCN[C@H](C(=O)Nc1ccccc1OCC)c1ccccc1. The first-order valence-electron chi connectivity index (χ1n) is 7.50. The Bertz CT molecular complexity index is 677. The second-order valence-electron chi connectivity index (χ2n) is 4.85. The van der Waals surface area contributed by atoms with Crippen LogP contribution in [0.1, 0.15) is 18.5 Å². The van der Waals surface area contributed by atoms with Crippen LogP contribution in [-0.4, -0.2) is 19.1 Å². The summed E-state index contributed by atoms with van der Waals surface area (Å²) in [5.74, 6) is 2.97. The summed E-state index contributed by atoms with van der Waals surface area (Å²) in [4.78, 5) is 12.7. The number of carbonyl (C=O) groups is 1. The lowest BCUT2D eigenvalue weighted by atomic mass is 10.1. The number of para-hydroxylation sites is 2. The van der Waals surface area contributed by atoms with Crippen LogP contribution in [0.25, 0.3) is 0 Å². The number of nitrogens with one attached hydrogen (secondary N) is 2. The Hall–Kier alpha value is -2.77. The van der Waals surface area contributed by atoms with Crippen LogP contribution in [0.3, 0.4) is 0 Å². The summed E-state index contributed by atoms with van der Waals surface area (Å²) in [6.07, 6.45) is 5.31. The molecule has 0 radical (unpaired) electrons. The van der Waals surface area contributed by atoms with Gasteiger partial charge in [0.15, 0.2) is 0 Å². The summed E-state index contributed by atoms with van der Waals surface area (Å²) in [7, 11) is 0. The van der Waals surface area contributed by atoms with Gasteiger partial charge in [0.25, 0.3) is 0 Å². The van der Waals surface area contributed by atoms with Crippen LogP contribution in [0, 0.1) is 12.3 Å². The van der Waals surface area contributed by atoms with Crippen LogP contribution in [0.2, 0.25) is 0 Å². The number of anilines is 1. The molecule has 1 amide bonds. The van der Waals surface area contributed by atoms with Crippen LogP contribution in [-0.2, 0) is 4.79 Å². The van der Waals surface area contributed by atoms with Crippen molar-refractivity contribution in [1.82, 2.24) is 5.32 Å². The molecule has 0 aliphatic rings. The molecule has 0 spiro atoms. The van der Waals surface area contributed by atoms with Crippen molar-refractivity contribution in [2.24, 2.45) is 0 Å². The summed E-state index contributed by atoms with van der Waals surface area (Å²) >= 11 is 0. The normalized spacial score (nSPS) is 11.3. The van der Waals surface area contributed by atoms with Gasteiger partial charge in [0.1, 0.15) is 11.8 Å². The van der Waals surface area contributed by atoms with Gasteiger partial charge in [0.2, 0.25) is 5.91 Å². The first kappa shape index (κ1) is 16.6. The lowest BCUT2D eigenvalue weighted by Gasteiger charge is -2.19. The smallest absolute Gasteiger partial charge is 0.246 e. The van der Waals surface area contributed by atoms with Crippen LogP contribution in [0.5, 0.6) is 5.75 Å². The average Bonchev–Trinajstić information content (AvgIpc) is 2.58. The minimum atomic E-state index is -0.526. The number of hydrogen-bond acceptors (Lipinski definition) is 3. The third-order valence-electron chi connectivity index (χ3n) is 3.25. The van der Waals surface area contributed by atoms with Crippen molar-refractivity contribution in [3.05, 3.63) is 60.2 Å². The highest BCUT2D eigenvalue weighted by Crippen LogP contribution is 2.25. The fraction of sp³-hybridized carbons (Fsp3) is 0.211. The van der Waals surface area contributed by atoms with Gasteiger partial charge in [-0.15, -0.1) is 6.42 Å². The van der Waals surface area contributed by atoms with Crippen LogP contribution < -0.4 is 15.4 Å². The molecule has 1 atom stereocenters. The molecule has 0 saturated heterocycles. The molecule has 2 N–H and O–H groups in total. The maximum atomic E-state index is 12.7. The van der Waals surface area contributed by atoms with Crippen molar-refractivity contribution in [2.45, 2.75) is 13.0 Å². The van der Waals surface area contributed by atoms with E-state index in [-0.39, 0.29) is 5.91 Å². The minimum absolute atomic E-state index is 0.182. The summed E-state index contributed by atoms with van der Waals surface area (Å²) in [6.45, 7) is 2.74. The fourth-order valence-corrected chi connectivity index (χ4v) is 2.22. The summed E-state index contributed by atoms with van der Waals surface area (Å²) in [6, 6.07) is 16.3. The Kier molecular flexibility index (Phi) is 6.22. The van der Waals surface area contributed by atoms with Crippen molar-refractivity contribution >= 4 is 11.6 Å². The molecule has 0 bridgehead atoms. The number of rotatable bonds is 7. The number of carbonyl (C=O) groups excluding carboxylic acids is 1. The van der Waals surface area contributed by atoms with E-state index in [4.69, 9.17) is 11.2 Å².